The Kier molecular flexibility index (Phi) is 6.39. The molecule has 6 heteroatoms. The van der Waals surface area contributed by atoms with Gasteiger partial charge in [0.15, 0.2) is 0 Å². The molecule has 0 aromatic heterocycles. The zero-order valence-electron chi connectivity index (χ0n) is 15.1. The third kappa shape index (κ3) is 4.62. The molecule has 0 radical (unpaired) electrons. The van der Waals surface area contributed by atoms with Gasteiger partial charge in [0.2, 0.25) is 0 Å². The summed E-state index contributed by atoms with van der Waals surface area (Å²) in [4.78, 5) is 26.9. The van der Waals surface area contributed by atoms with Gasteiger partial charge in [-0.05, 0) is 48.9 Å². The number of carbonyl (C=O) groups is 2. The molecule has 1 fully saturated rings. The molecule has 1 unspecified atom stereocenters. The zero-order valence-corrected chi connectivity index (χ0v) is 17.5. The molecule has 1 saturated heterocycles. The summed E-state index contributed by atoms with van der Waals surface area (Å²) in [7, 11) is 0. The lowest BCUT2D eigenvalue weighted by molar-refractivity contribution is -0.123. The topological polar surface area (TPSA) is 46.6 Å². The number of ether oxygens (including phenoxy) is 1. The second-order valence-electron chi connectivity index (χ2n) is 6.23. The van der Waals surface area contributed by atoms with E-state index in [2.05, 4.69) is 22.9 Å². The van der Waals surface area contributed by atoms with Crippen molar-refractivity contribution in [3.8, 4) is 5.75 Å². The number of carbonyl (C=O) groups excluding carboxylic acids is 2. The van der Waals surface area contributed by atoms with Crippen LogP contribution in [0.2, 0.25) is 0 Å². The zero-order chi connectivity index (χ0) is 19.4. The van der Waals surface area contributed by atoms with Crippen LogP contribution < -0.4 is 4.74 Å². The summed E-state index contributed by atoms with van der Waals surface area (Å²) in [5.74, 6) is 0.434. The second kappa shape index (κ2) is 8.76. The van der Waals surface area contributed by atoms with Gasteiger partial charge in [-0.25, -0.2) is 0 Å². The molecule has 0 bridgehead atoms. The van der Waals surface area contributed by atoms with E-state index in [9.17, 15) is 9.59 Å². The maximum atomic E-state index is 12.8. The number of hydrogen-bond acceptors (Lipinski definition) is 4. The average molecular weight is 446 g/mol. The molecule has 2 aromatic rings. The Morgan fingerprint density at radius 1 is 1.15 bits per heavy atom. The summed E-state index contributed by atoms with van der Waals surface area (Å²) in [6, 6.07) is 15.1. The van der Waals surface area contributed by atoms with E-state index in [-0.39, 0.29) is 23.8 Å². The van der Waals surface area contributed by atoms with Crippen LogP contribution in [0.3, 0.4) is 0 Å². The van der Waals surface area contributed by atoms with Crippen LogP contribution in [0.5, 0.6) is 5.75 Å². The molecule has 2 amide bonds. The average Bonchev–Trinajstić information content (AvgIpc) is 2.92. The van der Waals surface area contributed by atoms with Gasteiger partial charge < -0.3 is 4.74 Å². The first-order chi connectivity index (χ1) is 13.0. The number of thioether (sulfide) groups is 1. The second-order valence-corrected chi connectivity index (χ2v) is 8.08. The minimum atomic E-state index is -0.279. The van der Waals surface area contributed by atoms with E-state index in [1.165, 1.54) is 4.90 Å². The van der Waals surface area contributed by atoms with Gasteiger partial charge in [0.25, 0.3) is 11.1 Å². The Hall–Kier alpha value is -2.05. The molecular formula is C21H20BrNO3S. The number of para-hydroxylation sites is 1. The predicted molar refractivity (Wildman–Crippen MR) is 112 cm³/mol. The van der Waals surface area contributed by atoms with Crippen molar-refractivity contribution in [1.29, 1.82) is 0 Å². The quantitative estimate of drug-likeness (QED) is 0.522. The lowest BCUT2D eigenvalue weighted by Gasteiger charge is -2.15. The number of imide groups is 1. The van der Waals surface area contributed by atoms with Gasteiger partial charge in [-0.2, -0.15) is 0 Å². The van der Waals surface area contributed by atoms with Crippen LogP contribution >= 0.6 is 27.7 Å². The Labute approximate surface area is 171 Å². The molecule has 27 heavy (non-hydrogen) atoms. The molecule has 140 valence electrons. The van der Waals surface area contributed by atoms with Crippen LogP contribution in [-0.4, -0.2) is 22.2 Å². The number of hydrogen-bond donors (Lipinski definition) is 0. The predicted octanol–water partition coefficient (Wildman–Crippen LogP) is 5.86. The number of nitrogens with zero attached hydrogens (tertiary/aromatic N) is 1. The molecule has 1 atom stereocenters. The van der Waals surface area contributed by atoms with E-state index >= 15 is 0 Å². The van der Waals surface area contributed by atoms with Crippen LogP contribution in [0, 0.1) is 0 Å². The number of benzene rings is 2. The summed E-state index contributed by atoms with van der Waals surface area (Å²) in [6.45, 7) is 4.30. The lowest BCUT2D eigenvalue weighted by Crippen LogP contribution is -2.27. The van der Waals surface area contributed by atoms with Crippen molar-refractivity contribution < 1.29 is 14.3 Å². The molecule has 3 rings (SSSR count). The van der Waals surface area contributed by atoms with Crippen LogP contribution in [0.25, 0.3) is 6.08 Å². The summed E-state index contributed by atoms with van der Waals surface area (Å²) >= 11 is 4.43. The highest BCUT2D eigenvalue weighted by Crippen LogP contribution is 2.35. The minimum absolute atomic E-state index is 0.0741. The number of rotatable bonds is 6. The van der Waals surface area contributed by atoms with Gasteiger partial charge in [-0.15, -0.1) is 0 Å². The first kappa shape index (κ1) is 19.7. The maximum absolute atomic E-state index is 12.8. The van der Waals surface area contributed by atoms with Crippen molar-refractivity contribution in [2.45, 2.75) is 32.9 Å². The Morgan fingerprint density at radius 2 is 1.85 bits per heavy atom. The smallest absolute Gasteiger partial charge is 0.293 e. The van der Waals surface area contributed by atoms with Gasteiger partial charge in [0.05, 0.1) is 17.6 Å². The van der Waals surface area contributed by atoms with Crippen molar-refractivity contribution in [2.75, 3.05) is 0 Å². The van der Waals surface area contributed by atoms with E-state index < -0.39 is 0 Å². The van der Waals surface area contributed by atoms with Crippen LogP contribution in [0.4, 0.5) is 4.79 Å². The molecule has 2 aromatic carbocycles. The van der Waals surface area contributed by atoms with E-state index in [1.807, 2.05) is 55.5 Å². The third-order valence-electron chi connectivity index (χ3n) is 4.27. The van der Waals surface area contributed by atoms with Gasteiger partial charge >= 0.3 is 0 Å². The van der Waals surface area contributed by atoms with Crippen molar-refractivity contribution >= 4 is 44.9 Å². The molecular weight excluding hydrogens is 426 g/mol. The summed E-state index contributed by atoms with van der Waals surface area (Å²) in [5, 5.41) is -0.262. The maximum Gasteiger partial charge on any atom is 0.293 e. The van der Waals surface area contributed by atoms with Crippen molar-refractivity contribution in [3.05, 3.63) is 69.0 Å². The Balaban J connectivity index is 1.84. The van der Waals surface area contributed by atoms with Gasteiger partial charge in [0, 0.05) is 10.0 Å². The molecule has 0 spiro atoms. The summed E-state index contributed by atoms with van der Waals surface area (Å²) in [5.41, 5.74) is 1.69. The minimum Gasteiger partial charge on any atom is -0.490 e. The molecule has 0 N–H and O–H groups in total. The fourth-order valence-electron chi connectivity index (χ4n) is 2.58. The Morgan fingerprint density at radius 3 is 2.59 bits per heavy atom. The van der Waals surface area contributed by atoms with Crippen LogP contribution in [0.15, 0.2) is 57.9 Å². The fourth-order valence-corrected chi connectivity index (χ4v) is 3.82. The first-order valence-corrected chi connectivity index (χ1v) is 10.3. The number of amides is 2. The van der Waals surface area contributed by atoms with E-state index in [0.29, 0.717) is 10.7 Å². The van der Waals surface area contributed by atoms with Gasteiger partial charge in [-0.3, -0.25) is 14.5 Å². The molecule has 4 nitrogen and oxygen atoms in total. The van der Waals surface area contributed by atoms with E-state index in [0.717, 1.165) is 33.8 Å². The summed E-state index contributed by atoms with van der Waals surface area (Å²) in [6.07, 6.45) is 2.70. The first-order valence-electron chi connectivity index (χ1n) is 8.74. The van der Waals surface area contributed by atoms with E-state index in [4.69, 9.17) is 4.74 Å². The highest BCUT2D eigenvalue weighted by molar-refractivity contribution is 9.10. The fraction of sp³-hybridized carbons (Fsp3) is 0.238. The monoisotopic (exact) mass is 445 g/mol. The molecule has 1 aliphatic rings. The van der Waals surface area contributed by atoms with Gasteiger partial charge in [0.1, 0.15) is 5.75 Å². The molecule has 1 aliphatic heterocycles. The highest BCUT2D eigenvalue weighted by atomic mass is 79.9. The number of halogens is 1. The molecule has 1 heterocycles. The van der Waals surface area contributed by atoms with Crippen molar-refractivity contribution in [2.24, 2.45) is 0 Å². The standard InChI is InChI=1S/C21H20BrNO3S/c1-3-14(2)26-18-11-7-5-8-15(18)12-19-20(24)23(21(25)27-19)13-16-9-4-6-10-17(16)22/h4-12,14H,3,13H2,1-2H3/b19-12-. The van der Waals surface area contributed by atoms with Crippen LogP contribution in [-0.2, 0) is 11.3 Å². The SMILES string of the molecule is CCC(C)Oc1ccccc1/C=C1\SC(=O)N(Cc2ccccc2Br)C1=O. The molecule has 0 aliphatic carbocycles. The van der Waals surface area contributed by atoms with Crippen LogP contribution in [0.1, 0.15) is 31.4 Å². The lowest BCUT2D eigenvalue weighted by atomic mass is 10.1. The van der Waals surface area contributed by atoms with Crippen molar-refractivity contribution in [1.82, 2.24) is 4.90 Å². The van der Waals surface area contributed by atoms with E-state index in [1.54, 1.807) is 6.08 Å². The highest BCUT2D eigenvalue weighted by Gasteiger charge is 2.35. The largest absolute Gasteiger partial charge is 0.490 e. The molecule has 0 saturated carbocycles. The third-order valence-corrected chi connectivity index (χ3v) is 5.95. The summed E-state index contributed by atoms with van der Waals surface area (Å²) < 4.78 is 6.81. The van der Waals surface area contributed by atoms with Gasteiger partial charge in [-0.1, -0.05) is 59.3 Å². The van der Waals surface area contributed by atoms with Crippen molar-refractivity contribution in [3.63, 3.8) is 0 Å². The Bertz CT molecular complexity index is 897. The normalized spacial score (nSPS) is 16.9.